The van der Waals surface area contributed by atoms with Crippen LogP contribution in [-0.4, -0.2) is 31.3 Å². The lowest BCUT2D eigenvalue weighted by Crippen LogP contribution is -2.19. The Morgan fingerprint density at radius 2 is 1.79 bits per heavy atom. The molecule has 174 valence electrons. The zero-order valence-electron chi connectivity index (χ0n) is 19.8. The maximum atomic E-state index is 15.1. The molecule has 1 saturated heterocycles. The molecule has 0 bridgehead atoms. The van der Waals surface area contributed by atoms with Crippen LogP contribution in [0.3, 0.4) is 0 Å². The molecule has 4 aromatic rings. The maximum Gasteiger partial charge on any atom is 0.179 e. The fourth-order valence-electron chi connectivity index (χ4n) is 4.83. The number of nitrogens with zero attached hydrogens (tertiary/aromatic N) is 5. The number of pyridine rings is 1. The van der Waals surface area contributed by atoms with Gasteiger partial charge in [0.2, 0.25) is 0 Å². The third-order valence-corrected chi connectivity index (χ3v) is 7.10. The molecular weight excluding hydrogens is 429 g/mol. The van der Waals surface area contributed by atoms with Crippen molar-refractivity contribution in [3.8, 4) is 11.1 Å². The van der Waals surface area contributed by atoms with Crippen LogP contribution in [0.25, 0.3) is 22.3 Å². The molecule has 1 saturated carbocycles. The minimum Gasteiger partial charge on any atom is -0.373 e. The van der Waals surface area contributed by atoms with Gasteiger partial charge >= 0.3 is 0 Å². The molecule has 1 aliphatic heterocycles. The number of ether oxygens (including phenoxy) is 1. The first-order chi connectivity index (χ1) is 16.5. The predicted octanol–water partition coefficient (Wildman–Crippen LogP) is 5.92. The first kappa shape index (κ1) is 21.4. The van der Waals surface area contributed by atoms with Crippen LogP contribution in [0.5, 0.6) is 0 Å². The maximum absolute atomic E-state index is 15.1. The van der Waals surface area contributed by atoms with E-state index in [-0.39, 0.29) is 17.8 Å². The predicted molar refractivity (Wildman–Crippen MR) is 128 cm³/mol. The van der Waals surface area contributed by atoms with E-state index < -0.39 is 0 Å². The minimum absolute atomic E-state index is 0.0193. The van der Waals surface area contributed by atoms with Crippen molar-refractivity contribution in [1.82, 2.24) is 24.7 Å². The Hall–Kier alpha value is -3.19. The van der Waals surface area contributed by atoms with Gasteiger partial charge < -0.3 is 4.74 Å². The van der Waals surface area contributed by atoms with Gasteiger partial charge in [-0.25, -0.2) is 19.3 Å². The molecule has 4 heterocycles. The average Bonchev–Trinajstić information content (AvgIpc) is 3.56. The number of fused-ring (bicyclic) bond motifs is 1. The molecular formula is C27H28FN5O. The van der Waals surface area contributed by atoms with Crippen molar-refractivity contribution in [2.24, 2.45) is 0 Å². The summed E-state index contributed by atoms with van der Waals surface area (Å²) in [5, 5.41) is 4.54. The van der Waals surface area contributed by atoms with E-state index in [4.69, 9.17) is 19.7 Å². The van der Waals surface area contributed by atoms with Crippen LogP contribution in [0.2, 0.25) is 0 Å². The molecule has 7 heteroatoms. The smallest absolute Gasteiger partial charge is 0.179 e. The molecule has 34 heavy (non-hydrogen) atoms. The molecule has 1 aromatic carbocycles. The molecule has 0 radical (unpaired) electrons. The van der Waals surface area contributed by atoms with E-state index in [1.54, 1.807) is 6.07 Å². The molecule has 0 spiro atoms. The van der Waals surface area contributed by atoms with Gasteiger partial charge in [-0.1, -0.05) is 12.1 Å². The van der Waals surface area contributed by atoms with Crippen molar-refractivity contribution in [3.05, 3.63) is 70.7 Å². The summed E-state index contributed by atoms with van der Waals surface area (Å²) >= 11 is 0. The fraction of sp³-hybridized carbons (Fsp3) is 0.407. The molecule has 2 atom stereocenters. The molecule has 0 amide bonds. The summed E-state index contributed by atoms with van der Waals surface area (Å²) in [6.07, 6.45) is 8.12. The number of hydrogen-bond acceptors (Lipinski definition) is 5. The minimum atomic E-state index is -0.254. The van der Waals surface area contributed by atoms with Crippen molar-refractivity contribution in [1.29, 1.82) is 0 Å². The fourth-order valence-corrected chi connectivity index (χ4v) is 4.83. The molecule has 1 aliphatic carbocycles. The second kappa shape index (κ2) is 8.24. The first-order valence-electron chi connectivity index (χ1n) is 12.0. The van der Waals surface area contributed by atoms with Gasteiger partial charge in [0.25, 0.3) is 0 Å². The highest BCUT2D eigenvalue weighted by Gasteiger charge is 2.30. The molecule has 0 unspecified atom stereocenters. The third-order valence-electron chi connectivity index (χ3n) is 7.10. The lowest BCUT2D eigenvalue weighted by molar-refractivity contribution is 0.00463. The van der Waals surface area contributed by atoms with Gasteiger partial charge in [-0.05, 0) is 64.2 Å². The van der Waals surface area contributed by atoms with E-state index in [2.05, 4.69) is 16.0 Å². The van der Waals surface area contributed by atoms with Crippen LogP contribution in [0.15, 0.2) is 36.7 Å². The molecule has 3 aromatic heterocycles. The molecule has 6 rings (SSSR count). The van der Waals surface area contributed by atoms with E-state index in [0.717, 1.165) is 46.6 Å². The Morgan fingerprint density at radius 1 is 0.971 bits per heavy atom. The first-order valence-corrected chi connectivity index (χ1v) is 12.0. The lowest BCUT2D eigenvalue weighted by Gasteiger charge is -2.29. The van der Waals surface area contributed by atoms with Gasteiger partial charge in [-0.2, -0.15) is 5.10 Å². The zero-order chi connectivity index (χ0) is 23.4. The molecule has 2 aliphatic rings. The highest BCUT2D eigenvalue weighted by Crippen LogP contribution is 2.41. The van der Waals surface area contributed by atoms with E-state index in [1.165, 1.54) is 12.8 Å². The van der Waals surface area contributed by atoms with Crippen molar-refractivity contribution in [2.45, 2.75) is 64.5 Å². The van der Waals surface area contributed by atoms with Crippen LogP contribution in [0.1, 0.15) is 72.0 Å². The number of aromatic nitrogens is 5. The third kappa shape index (κ3) is 3.88. The van der Waals surface area contributed by atoms with Crippen LogP contribution in [0.4, 0.5) is 4.39 Å². The van der Waals surface area contributed by atoms with Crippen LogP contribution in [-0.2, 0) is 4.74 Å². The van der Waals surface area contributed by atoms with Crippen LogP contribution in [0, 0.1) is 26.6 Å². The summed E-state index contributed by atoms with van der Waals surface area (Å²) in [6, 6.07) is 7.89. The normalized spacial score (nSPS) is 20.7. The topological polar surface area (TPSA) is 65.7 Å². The highest BCUT2D eigenvalue weighted by molar-refractivity contribution is 5.90. The van der Waals surface area contributed by atoms with Gasteiger partial charge in [0.15, 0.2) is 5.65 Å². The van der Waals surface area contributed by atoms with Gasteiger partial charge in [0.1, 0.15) is 11.3 Å². The monoisotopic (exact) mass is 457 g/mol. The number of halogens is 1. The summed E-state index contributed by atoms with van der Waals surface area (Å²) < 4.78 is 23.3. The van der Waals surface area contributed by atoms with Crippen molar-refractivity contribution < 1.29 is 9.13 Å². The van der Waals surface area contributed by atoms with E-state index in [0.29, 0.717) is 29.4 Å². The van der Waals surface area contributed by atoms with Gasteiger partial charge in [-0.3, -0.25) is 4.68 Å². The van der Waals surface area contributed by atoms with Gasteiger partial charge in [0.05, 0.1) is 29.7 Å². The van der Waals surface area contributed by atoms with Crippen LogP contribution < -0.4 is 0 Å². The van der Waals surface area contributed by atoms with Crippen molar-refractivity contribution in [3.63, 3.8) is 0 Å². The number of aryl methyl sites for hydroxylation is 3. The van der Waals surface area contributed by atoms with E-state index in [9.17, 15) is 0 Å². The van der Waals surface area contributed by atoms with Gasteiger partial charge in [-0.15, -0.1) is 0 Å². The van der Waals surface area contributed by atoms with E-state index >= 15 is 4.39 Å². The summed E-state index contributed by atoms with van der Waals surface area (Å²) in [6.45, 7) is 6.40. The Balaban J connectivity index is 1.41. The standard InChI is InChI=1S/C27H28FN5O/c1-15-4-7-21(23(28)10-15)22-12-24(32-27-26(22)30-16(2)17(3)31-27)18-8-9-34-25(11-18)19-13-29-33(14-19)20-5-6-20/h4,7,10,12-14,18,20,25H,5-6,8-9,11H2,1-3H3/t18-,25-/m1/s1. The van der Waals surface area contributed by atoms with Crippen LogP contribution >= 0.6 is 0 Å². The number of rotatable bonds is 4. The Bertz CT molecular complexity index is 1390. The lowest BCUT2D eigenvalue weighted by atomic mass is 9.88. The largest absolute Gasteiger partial charge is 0.373 e. The zero-order valence-corrected chi connectivity index (χ0v) is 19.8. The van der Waals surface area contributed by atoms with Crippen molar-refractivity contribution in [2.75, 3.05) is 6.61 Å². The number of hydrogen-bond donors (Lipinski definition) is 0. The number of benzene rings is 1. The Labute approximate surface area is 198 Å². The molecule has 6 nitrogen and oxygen atoms in total. The summed E-state index contributed by atoms with van der Waals surface area (Å²) in [5.41, 5.74) is 7.08. The molecule has 0 N–H and O–H groups in total. The second-order valence-electron chi connectivity index (χ2n) is 9.71. The van der Waals surface area contributed by atoms with Gasteiger partial charge in [0, 0.05) is 41.1 Å². The highest BCUT2D eigenvalue weighted by atomic mass is 19.1. The second-order valence-corrected chi connectivity index (χ2v) is 9.71. The average molecular weight is 458 g/mol. The summed E-state index contributed by atoms with van der Waals surface area (Å²) in [5.74, 6) is -0.0704. The Morgan fingerprint density at radius 3 is 2.59 bits per heavy atom. The quantitative estimate of drug-likeness (QED) is 0.380. The summed E-state index contributed by atoms with van der Waals surface area (Å²) in [7, 11) is 0. The van der Waals surface area contributed by atoms with E-state index in [1.807, 2.05) is 45.2 Å². The Kier molecular flexibility index (Phi) is 5.17. The SMILES string of the molecule is Cc1ccc(-c2cc([C@@H]3CCO[C@@H](c4cnn(C5CC5)c4)C3)nc3nc(C)c(C)nc23)c(F)c1. The molecule has 2 fully saturated rings. The van der Waals surface area contributed by atoms with Crippen molar-refractivity contribution >= 4 is 11.2 Å². The summed E-state index contributed by atoms with van der Waals surface area (Å²) in [4.78, 5) is 14.4.